The predicted molar refractivity (Wildman–Crippen MR) is 65.6 cm³/mol. The summed E-state index contributed by atoms with van der Waals surface area (Å²) in [7, 11) is 1.37. The van der Waals surface area contributed by atoms with E-state index in [2.05, 4.69) is 27.3 Å². The lowest BCUT2D eigenvalue weighted by molar-refractivity contribution is 0.0599. The summed E-state index contributed by atoms with van der Waals surface area (Å²) in [5.74, 6) is -0.320. The van der Waals surface area contributed by atoms with Crippen LogP contribution in [0, 0.1) is 3.57 Å². The van der Waals surface area contributed by atoms with Gasteiger partial charge in [-0.15, -0.1) is 12.4 Å². The van der Waals surface area contributed by atoms with Gasteiger partial charge in [-0.05, 0) is 40.3 Å². The molecule has 1 aromatic rings. The Kier molecular flexibility index (Phi) is 6.06. The molecule has 2 N–H and O–H groups in total. The number of ether oxygens (including phenoxy) is 1. The van der Waals surface area contributed by atoms with Gasteiger partial charge in [-0.3, -0.25) is 0 Å². The van der Waals surface area contributed by atoms with Gasteiger partial charge in [0.25, 0.3) is 0 Å². The maximum atomic E-state index is 11.2. The van der Waals surface area contributed by atoms with Crippen molar-refractivity contribution >= 4 is 41.0 Å². The molecule has 0 saturated heterocycles. The summed E-state index contributed by atoms with van der Waals surface area (Å²) < 4.78 is 5.51. The van der Waals surface area contributed by atoms with Gasteiger partial charge in [-0.25, -0.2) is 4.79 Å². The summed E-state index contributed by atoms with van der Waals surface area (Å²) >= 11 is 2.09. The van der Waals surface area contributed by atoms with E-state index < -0.39 is 0 Å². The van der Waals surface area contributed by atoms with Crippen LogP contribution in [0.25, 0.3) is 0 Å². The molecule has 0 radical (unpaired) electrons. The van der Waals surface area contributed by atoms with Crippen molar-refractivity contribution in [2.75, 3.05) is 7.11 Å². The predicted octanol–water partition coefficient (Wildman–Crippen LogP) is 1.96. The lowest BCUT2D eigenvalue weighted by Gasteiger charge is -2.04. The number of carbonyl (C=O) groups is 1. The van der Waals surface area contributed by atoms with Crippen LogP contribution in [0.5, 0.6) is 0 Å². The van der Waals surface area contributed by atoms with Crippen LogP contribution in [0.3, 0.4) is 0 Å². The lowest BCUT2D eigenvalue weighted by Crippen LogP contribution is -2.06. The van der Waals surface area contributed by atoms with Crippen LogP contribution >= 0.6 is 35.0 Å². The first-order valence-corrected chi connectivity index (χ1v) is 4.83. The number of halogens is 2. The van der Waals surface area contributed by atoms with Crippen LogP contribution < -0.4 is 5.73 Å². The van der Waals surface area contributed by atoms with Crippen molar-refractivity contribution in [2.24, 2.45) is 5.73 Å². The molecule has 0 saturated carbocycles. The molecule has 1 aromatic carbocycles. The van der Waals surface area contributed by atoms with Crippen molar-refractivity contribution in [1.82, 2.24) is 0 Å². The van der Waals surface area contributed by atoms with Gasteiger partial charge in [-0.2, -0.15) is 0 Å². The fraction of sp³-hybridized carbons (Fsp3) is 0.222. The molecular formula is C9H11ClINO2. The molecule has 0 aliphatic rings. The Balaban J connectivity index is 0.00000169. The Labute approximate surface area is 103 Å². The van der Waals surface area contributed by atoms with E-state index in [0.717, 1.165) is 9.13 Å². The molecule has 1 rings (SSSR count). The van der Waals surface area contributed by atoms with E-state index in [9.17, 15) is 4.79 Å². The van der Waals surface area contributed by atoms with E-state index in [0.29, 0.717) is 12.1 Å². The van der Waals surface area contributed by atoms with Crippen LogP contribution in [0.2, 0.25) is 0 Å². The molecule has 0 spiro atoms. The van der Waals surface area contributed by atoms with Gasteiger partial charge >= 0.3 is 5.97 Å². The largest absolute Gasteiger partial charge is 0.465 e. The highest BCUT2D eigenvalue weighted by Crippen LogP contribution is 2.15. The van der Waals surface area contributed by atoms with Crippen LogP contribution in [0.1, 0.15) is 15.9 Å². The monoisotopic (exact) mass is 327 g/mol. The fourth-order valence-electron chi connectivity index (χ4n) is 0.966. The van der Waals surface area contributed by atoms with Gasteiger partial charge in [0.15, 0.2) is 0 Å². The Morgan fingerprint density at radius 3 is 2.71 bits per heavy atom. The third-order valence-electron chi connectivity index (χ3n) is 1.67. The molecule has 0 aromatic heterocycles. The van der Waals surface area contributed by atoms with Crippen molar-refractivity contribution in [3.05, 3.63) is 32.9 Å². The second kappa shape index (κ2) is 6.21. The summed E-state index contributed by atoms with van der Waals surface area (Å²) in [5.41, 5.74) is 6.96. The zero-order valence-electron chi connectivity index (χ0n) is 7.62. The summed E-state index contributed by atoms with van der Waals surface area (Å²) in [4.78, 5) is 11.2. The topological polar surface area (TPSA) is 52.3 Å². The number of benzene rings is 1. The van der Waals surface area contributed by atoms with Crippen molar-refractivity contribution in [3.63, 3.8) is 0 Å². The van der Waals surface area contributed by atoms with Crippen LogP contribution in [0.4, 0.5) is 0 Å². The molecule has 0 unspecified atom stereocenters. The van der Waals surface area contributed by atoms with E-state index in [-0.39, 0.29) is 18.4 Å². The Morgan fingerprint density at radius 1 is 1.57 bits per heavy atom. The van der Waals surface area contributed by atoms with Crippen molar-refractivity contribution in [1.29, 1.82) is 0 Å². The highest BCUT2D eigenvalue weighted by atomic mass is 127. The first-order chi connectivity index (χ1) is 6.19. The first-order valence-electron chi connectivity index (χ1n) is 3.76. The smallest absolute Gasteiger partial charge is 0.338 e. The van der Waals surface area contributed by atoms with E-state index in [1.165, 1.54) is 7.11 Å². The second-order valence-corrected chi connectivity index (χ2v) is 3.67. The molecule has 0 heterocycles. The van der Waals surface area contributed by atoms with E-state index in [1.54, 1.807) is 6.07 Å². The maximum absolute atomic E-state index is 11.2. The average Bonchev–Trinajstić information content (AvgIpc) is 2.17. The summed E-state index contributed by atoms with van der Waals surface area (Å²) in [5, 5.41) is 0. The highest BCUT2D eigenvalue weighted by molar-refractivity contribution is 14.1. The van der Waals surface area contributed by atoms with E-state index in [4.69, 9.17) is 5.73 Å². The maximum Gasteiger partial charge on any atom is 0.338 e. The molecule has 0 aliphatic carbocycles. The number of nitrogens with two attached hydrogens (primary N) is 1. The SMILES string of the molecule is COC(=O)c1cc(CN)ccc1I.Cl. The molecule has 0 fully saturated rings. The van der Waals surface area contributed by atoms with Gasteiger partial charge in [0.05, 0.1) is 12.7 Å². The Hall–Kier alpha value is -0.330. The summed E-state index contributed by atoms with van der Waals surface area (Å²) in [6.07, 6.45) is 0. The minimum Gasteiger partial charge on any atom is -0.465 e. The number of esters is 1. The standard InChI is InChI=1S/C9H10INO2.ClH/c1-13-9(12)7-4-6(5-11)2-3-8(7)10;/h2-4H,5,11H2,1H3;1H. The van der Waals surface area contributed by atoms with Gasteiger partial charge < -0.3 is 10.5 Å². The second-order valence-electron chi connectivity index (χ2n) is 2.51. The number of hydrogen-bond acceptors (Lipinski definition) is 3. The molecule has 0 atom stereocenters. The fourth-order valence-corrected chi connectivity index (χ4v) is 1.52. The highest BCUT2D eigenvalue weighted by Gasteiger charge is 2.09. The number of methoxy groups -OCH3 is 1. The van der Waals surface area contributed by atoms with E-state index >= 15 is 0 Å². The quantitative estimate of drug-likeness (QED) is 0.667. The van der Waals surface area contributed by atoms with Crippen molar-refractivity contribution < 1.29 is 9.53 Å². The zero-order chi connectivity index (χ0) is 9.84. The summed E-state index contributed by atoms with van der Waals surface area (Å²) in [6.45, 7) is 0.431. The molecule has 0 amide bonds. The minimum absolute atomic E-state index is 0. The number of carbonyl (C=O) groups excluding carboxylic acids is 1. The van der Waals surface area contributed by atoms with Crippen LogP contribution in [-0.4, -0.2) is 13.1 Å². The minimum atomic E-state index is -0.320. The molecule has 0 aliphatic heterocycles. The summed E-state index contributed by atoms with van der Waals surface area (Å²) in [6, 6.07) is 5.51. The molecular weight excluding hydrogens is 316 g/mol. The average molecular weight is 328 g/mol. The van der Waals surface area contributed by atoms with Crippen LogP contribution in [-0.2, 0) is 11.3 Å². The number of hydrogen-bond donors (Lipinski definition) is 1. The third kappa shape index (κ3) is 3.11. The van der Waals surface area contributed by atoms with Crippen molar-refractivity contribution in [3.8, 4) is 0 Å². The third-order valence-corrected chi connectivity index (χ3v) is 2.61. The van der Waals surface area contributed by atoms with Crippen LogP contribution in [0.15, 0.2) is 18.2 Å². The Bertz CT molecular complexity index is 331. The molecule has 0 bridgehead atoms. The van der Waals surface area contributed by atoms with Gasteiger partial charge in [-0.1, -0.05) is 6.07 Å². The first kappa shape index (κ1) is 13.7. The van der Waals surface area contributed by atoms with Gasteiger partial charge in [0, 0.05) is 10.1 Å². The van der Waals surface area contributed by atoms with Gasteiger partial charge in [0.2, 0.25) is 0 Å². The molecule has 5 heteroatoms. The number of rotatable bonds is 2. The van der Waals surface area contributed by atoms with E-state index in [1.807, 2.05) is 12.1 Å². The van der Waals surface area contributed by atoms with Gasteiger partial charge in [0.1, 0.15) is 0 Å². The molecule has 3 nitrogen and oxygen atoms in total. The zero-order valence-corrected chi connectivity index (χ0v) is 10.6. The molecule has 78 valence electrons. The lowest BCUT2D eigenvalue weighted by atomic mass is 10.1. The molecule has 14 heavy (non-hydrogen) atoms. The normalized spacial score (nSPS) is 9.07. The Morgan fingerprint density at radius 2 is 2.21 bits per heavy atom. The van der Waals surface area contributed by atoms with Crippen molar-refractivity contribution in [2.45, 2.75) is 6.54 Å².